The van der Waals surface area contributed by atoms with Gasteiger partial charge in [-0.2, -0.15) is 0 Å². The zero-order valence-corrected chi connectivity index (χ0v) is 12.2. The van der Waals surface area contributed by atoms with Crippen molar-refractivity contribution in [1.82, 2.24) is 5.32 Å². The molecule has 1 saturated heterocycles. The standard InChI is InChI=1S/C15H28N2O3/c16-9-8-12-6-7-13(14(10-18)20-12)17-15(19)11-4-2-1-3-5-11/h11-14,18H,1-10,16H2,(H,17,19)/t12-,13-,14-/m1/s1. The molecule has 2 rings (SSSR count). The molecule has 0 aromatic carbocycles. The lowest BCUT2D eigenvalue weighted by Crippen LogP contribution is -2.52. The number of ether oxygens (including phenoxy) is 1. The lowest BCUT2D eigenvalue weighted by molar-refractivity contribution is -0.132. The average molecular weight is 284 g/mol. The quantitative estimate of drug-likeness (QED) is 0.701. The van der Waals surface area contributed by atoms with Gasteiger partial charge in [0.2, 0.25) is 5.91 Å². The third kappa shape index (κ3) is 4.17. The molecule has 1 aliphatic heterocycles. The molecule has 0 unspecified atom stereocenters. The molecule has 0 aromatic heterocycles. The van der Waals surface area contributed by atoms with Crippen LogP contribution in [0.5, 0.6) is 0 Å². The number of hydrogen-bond acceptors (Lipinski definition) is 4. The molecular formula is C15H28N2O3. The average Bonchev–Trinajstić information content (AvgIpc) is 2.50. The van der Waals surface area contributed by atoms with Gasteiger partial charge in [0.1, 0.15) is 6.10 Å². The SMILES string of the molecule is NCC[C@H]1CC[C@@H](NC(=O)C2CCCCC2)[C@@H](CO)O1. The number of hydrogen-bond donors (Lipinski definition) is 3. The van der Waals surface area contributed by atoms with E-state index in [-0.39, 0.29) is 36.7 Å². The van der Waals surface area contributed by atoms with Crippen molar-refractivity contribution < 1.29 is 14.6 Å². The summed E-state index contributed by atoms with van der Waals surface area (Å²) in [5, 5.41) is 12.6. The lowest BCUT2D eigenvalue weighted by Gasteiger charge is -2.37. The maximum Gasteiger partial charge on any atom is 0.223 e. The van der Waals surface area contributed by atoms with Crippen LogP contribution >= 0.6 is 0 Å². The van der Waals surface area contributed by atoms with Crippen LogP contribution in [0.25, 0.3) is 0 Å². The highest BCUT2D eigenvalue weighted by molar-refractivity contribution is 5.79. The minimum atomic E-state index is -0.284. The van der Waals surface area contributed by atoms with E-state index in [1.807, 2.05) is 0 Å². The number of nitrogens with one attached hydrogen (secondary N) is 1. The van der Waals surface area contributed by atoms with Gasteiger partial charge >= 0.3 is 0 Å². The first-order valence-corrected chi connectivity index (χ1v) is 8.01. The summed E-state index contributed by atoms with van der Waals surface area (Å²) in [4.78, 5) is 12.3. The van der Waals surface area contributed by atoms with Crippen molar-refractivity contribution in [3.05, 3.63) is 0 Å². The van der Waals surface area contributed by atoms with Crippen LogP contribution in [-0.4, -0.2) is 42.4 Å². The minimum Gasteiger partial charge on any atom is -0.394 e. The number of nitrogens with two attached hydrogens (primary N) is 1. The smallest absolute Gasteiger partial charge is 0.223 e. The second-order valence-electron chi connectivity index (χ2n) is 6.08. The third-order valence-corrected chi connectivity index (χ3v) is 4.59. The Morgan fingerprint density at radius 3 is 2.60 bits per heavy atom. The van der Waals surface area contributed by atoms with Crippen LogP contribution < -0.4 is 11.1 Å². The normalized spacial score (nSPS) is 32.0. The highest BCUT2D eigenvalue weighted by Crippen LogP contribution is 2.26. The van der Waals surface area contributed by atoms with Crippen molar-refractivity contribution in [3.63, 3.8) is 0 Å². The van der Waals surface area contributed by atoms with Crippen LogP contribution in [0.3, 0.4) is 0 Å². The van der Waals surface area contributed by atoms with Gasteiger partial charge in [-0.25, -0.2) is 0 Å². The molecule has 5 nitrogen and oxygen atoms in total. The molecule has 0 bridgehead atoms. The molecule has 3 atom stereocenters. The molecule has 1 heterocycles. The second kappa shape index (κ2) is 7.96. The summed E-state index contributed by atoms with van der Waals surface area (Å²) < 4.78 is 5.83. The maximum absolute atomic E-state index is 12.3. The fourth-order valence-corrected chi connectivity index (χ4v) is 3.36. The number of carbonyl (C=O) groups is 1. The van der Waals surface area contributed by atoms with Crippen LogP contribution in [0.4, 0.5) is 0 Å². The van der Waals surface area contributed by atoms with Gasteiger partial charge in [-0.05, 0) is 38.6 Å². The van der Waals surface area contributed by atoms with Gasteiger partial charge in [-0.15, -0.1) is 0 Å². The number of aliphatic hydroxyl groups is 1. The summed E-state index contributed by atoms with van der Waals surface area (Å²) in [6, 6.07) is -0.0524. The van der Waals surface area contributed by atoms with Crippen molar-refractivity contribution in [1.29, 1.82) is 0 Å². The molecule has 116 valence electrons. The summed E-state index contributed by atoms with van der Waals surface area (Å²) in [6.07, 6.45) is 7.99. The monoisotopic (exact) mass is 284 g/mol. The molecule has 5 heteroatoms. The summed E-state index contributed by atoms with van der Waals surface area (Å²) in [5.74, 6) is 0.305. The number of aliphatic hydroxyl groups excluding tert-OH is 1. The van der Waals surface area contributed by atoms with Crippen LogP contribution in [-0.2, 0) is 9.53 Å². The first kappa shape index (κ1) is 15.7. The van der Waals surface area contributed by atoms with Crippen molar-refractivity contribution in [2.45, 2.75) is 69.6 Å². The fraction of sp³-hybridized carbons (Fsp3) is 0.933. The molecule has 1 saturated carbocycles. The Balaban J connectivity index is 1.83. The predicted molar refractivity (Wildman–Crippen MR) is 77.2 cm³/mol. The summed E-state index contributed by atoms with van der Waals surface area (Å²) >= 11 is 0. The van der Waals surface area contributed by atoms with E-state index in [4.69, 9.17) is 10.5 Å². The van der Waals surface area contributed by atoms with E-state index in [0.29, 0.717) is 6.54 Å². The molecule has 0 spiro atoms. The molecule has 1 aliphatic carbocycles. The topological polar surface area (TPSA) is 84.6 Å². The molecule has 2 fully saturated rings. The van der Waals surface area contributed by atoms with E-state index < -0.39 is 0 Å². The van der Waals surface area contributed by atoms with E-state index in [2.05, 4.69) is 5.32 Å². The molecule has 20 heavy (non-hydrogen) atoms. The van der Waals surface area contributed by atoms with E-state index in [9.17, 15) is 9.90 Å². The highest BCUT2D eigenvalue weighted by Gasteiger charge is 2.33. The van der Waals surface area contributed by atoms with Crippen molar-refractivity contribution in [2.75, 3.05) is 13.2 Å². The van der Waals surface area contributed by atoms with Crippen LogP contribution in [0.1, 0.15) is 51.4 Å². The van der Waals surface area contributed by atoms with Gasteiger partial charge in [0.05, 0.1) is 18.8 Å². The van der Waals surface area contributed by atoms with E-state index >= 15 is 0 Å². The Labute approximate surface area is 121 Å². The number of rotatable bonds is 5. The van der Waals surface area contributed by atoms with E-state index in [0.717, 1.165) is 44.9 Å². The number of amides is 1. The van der Waals surface area contributed by atoms with Crippen LogP contribution in [0, 0.1) is 5.92 Å². The first-order valence-electron chi connectivity index (χ1n) is 8.01. The van der Waals surface area contributed by atoms with Gasteiger partial charge in [-0.1, -0.05) is 19.3 Å². The summed E-state index contributed by atoms with van der Waals surface area (Å²) in [5.41, 5.74) is 5.55. The molecule has 1 amide bonds. The molecular weight excluding hydrogens is 256 g/mol. The van der Waals surface area contributed by atoms with Gasteiger partial charge in [0.25, 0.3) is 0 Å². The molecule has 2 aliphatic rings. The van der Waals surface area contributed by atoms with Gasteiger partial charge in [-0.3, -0.25) is 4.79 Å². The van der Waals surface area contributed by atoms with Gasteiger partial charge < -0.3 is 20.9 Å². The predicted octanol–water partition coefficient (Wildman–Crippen LogP) is 0.940. The largest absolute Gasteiger partial charge is 0.394 e. The molecule has 0 aromatic rings. The fourth-order valence-electron chi connectivity index (χ4n) is 3.36. The van der Waals surface area contributed by atoms with E-state index in [1.165, 1.54) is 6.42 Å². The minimum absolute atomic E-state index is 0.0450. The first-order chi connectivity index (χ1) is 9.74. The maximum atomic E-state index is 12.3. The Kier molecular flexibility index (Phi) is 6.26. The van der Waals surface area contributed by atoms with Gasteiger partial charge in [0.15, 0.2) is 0 Å². The van der Waals surface area contributed by atoms with Crippen molar-refractivity contribution in [3.8, 4) is 0 Å². The van der Waals surface area contributed by atoms with Gasteiger partial charge in [0, 0.05) is 5.92 Å². The molecule has 0 radical (unpaired) electrons. The van der Waals surface area contributed by atoms with Crippen LogP contribution in [0.15, 0.2) is 0 Å². The lowest BCUT2D eigenvalue weighted by atomic mass is 9.88. The van der Waals surface area contributed by atoms with Crippen molar-refractivity contribution in [2.24, 2.45) is 11.7 Å². The highest BCUT2D eigenvalue weighted by atomic mass is 16.5. The van der Waals surface area contributed by atoms with Crippen molar-refractivity contribution >= 4 is 5.91 Å². The zero-order valence-electron chi connectivity index (χ0n) is 12.2. The Morgan fingerprint density at radius 2 is 1.95 bits per heavy atom. The Morgan fingerprint density at radius 1 is 1.20 bits per heavy atom. The van der Waals surface area contributed by atoms with Crippen LogP contribution in [0.2, 0.25) is 0 Å². The summed E-state index contributed by atoms with van der Waals surface area (Å²) in [7, 11) is 0. The Bertz CT molecular complexity index is 305. The third-order valence-electron chi connectivity index (χ3n) is 4.59. The molecule has 4 N–H and O–H groups in total. The Hall–Kier alpha value is -0.650. The summed E-state index contributed by atoms with van der Waals surface area (Å²) in [6.45, 7) is 0.554. The second-order valence-corrected chi connectivity index (χ2v) is 6.08. The number of carbonyl (C=O) groups excluding carboxylic acids is 1. The van der Waals surface area contributed by atoms with E-state index in [1.54, 1.807) is 0 Å². The zero-order chi connectivity index (χ0) is 14.4.